The molecule has 0 unspecified atom stereocenters. The van der Waals surface area contributed by atoms with E-state index in [2.05, 4.69) is 37.4 Å². The fourth-order valence-electron chi connectivity index (χ4n) is 2.02. The molecular weight excluding hydrogens is 248 g/mol. The van der Waals surface area contributed by atoms with Gasteiger partial charge in [-0.25, -0.2) is 0 Å². The van der Waals surface area contributed by atoms with Gasteiger partial charge in [-0.1, -0.05) is 6.07 Å². The van der Waals surface area contributed by atoms with Crippen molar-refractivity contribution in [2.45, 2.75) is 33.8 Å². The van der Waals surface area contributed by atoms with Crippen LogP contribution >= 0.6 is 0 Å². The third-order valence-corrected chi connectivity index (χ3v) is 3.10. The van der Waals surface area contributed by atoms with Crippen molar-refractivity contribution in [2.75, 3.05) is 11.1 Å². The van der Waals surface area contributed by atoms with Crippen LogP contribution in [-0.2, 0) is 0 Å². The third-order valence-electron chi connectivity index (χ3n) is 3.10. The summed E-state index contributed by atoms with van der Waals surface area (Å²) < 4.78 is 5.70. The Morgan fingerprint density at radius 2 is 1.70 bits per heavy atom. The van der Waals surface area contributed by atoms with E-state index in [-0.39, 0.29) is 6.10 Å². The third kappa shape index (κ3) is 3.67. The molecule has 0 bridgehead atoms. The first-order valence-electron chi connectivity index (χ1n) is 6.85. The lowest BCUT2D eigenvalue weighted by atomic mass is 10.1. The van der Waals surface area contributed by atoms with Crippen molar-refractivity contribution in [3.63, 3.8) is 0 Å². The highest BCUT2D eigenvalue weighted by molar-refractivity contribution is 5.66. The fourth-order valence-corrected chi connectivity index (χ4v) is 2.02. The van der Waals surface area contributed by atoms with Gasteiger partial charge in [0.05, 0.1) is 6.10 Å². The van der Waals surface area contributed by atoms with Gasteiger partial charge in [0.1, 0.15) is 5.75 Å². The highest BCUT2D eigenvalue weighted by Crippen LogP contribution is 2.26. The van der Waals surface area contributed by atoms with Crippen LogP contribution in [0.25, 0.3) is 0 Å². The molecule has 0 amide bonds. The molecule has 0 heterocycles. The smallest absolute Gasteiger partial charge is 0.123 e. The van der Waals surface area contributed by atoms with Gasteiger partial charge in [-0.3, -0.25) is 0 Å². The van der Waals surface area contributed by atoms with Gasteiger partial charge < -0.3 is 15.8 Å². The zero-order valence-corrected chi connectivity index (χ0v) is 12.5. The Balaban J connectivity index is 2.24. The van der Waals surface area contributed by atoms with Gasteiger partial charge in [0, 0.05) is 29.2 Å². The summed E-state index contributed by atoms with van der Waals surface area (Å²) in [5, 5.41) is 3.37. The van der Waals surface area contributed by atoms with Gasteiger partial charge >= 0.3 is 0 Å². The molecule has 3 heteroatoms. The molecule has 0 spiro atoms. The quantitative estimate of drug-likeness (QED) is 0.809. The second-order valence-corrected chi connectivity index (χ2v) is 5.38. The van der Waals surface area contributed by atoms with Crippen LogP contribution in [0, 0.1) is 13.8 Å². The first kappa shape index (κ1) is 14.3. The van der Waals surface area contributed by atoms with E-state index in [9.17, 15) is 0 Å². The molecule has 0 aromatic heterocycles. The van der Waals surface area contributed by atoms with Crippen LogP contribution in [0.1, 0.15) is 25.0 Å². The molecule has 106 valence electrons. The molecule has 0 radical (unpaired) electrons. The zero-order chi connectivity index (χ0) is 14.7. The Labute approximate surface area is 120 Å². The van der Waals surface area contributed by atoms with Crippen molar-refractivity contribution in [3.8, 4) is 5.75 Å². The number of benzene rings is 2. The number of rotatable bonds is 4. The Hall–Kier alpha value is -2.16. The minimum Gasteiger partial charge on any atom is -0.491 e. The van der Waals surface area contributed by atoms with Crippen LogP contribution < -0.4 is 15.8 Å². The van der Waals surface area contributed by atoms with Crippen LogP contribution in [0.5, 0.6) is 5.75 Å². The molecule has 0 saturated heterocycles. The lowest BCUT2D eigenvalue weighted by Gasteiger charge is -2.14. The standard InChI is InChI=1S/C17H22N2O/c1-11(2)20-17-9-14(18)8-16(10-17)19-15-6-5-12(3)13(4)7-15/h5-11,19H,18H2,1-4H3. The van der Waals surface area contributed by atoms with Gasteiger partial charge in [-0.15, -0.1) is 0 Å². The van der Waals surface area contributed by atoms with Crippen LogP contribution in [0.4, 0.5) is 17.1 Å². The van der Waals surface area contributed by atoms with Gasteiger partial charge in [0.15, 0.2) is 0 Å². The summed E-state index contributed by atoms with van der Waals surface area (Å²) in [7, 11) is 0. The normalized spacial score (nSPS) is 10.7. The average molecular weight is 270 g/mol. The molecule has 2 aromatic carbocycles. The minimum atomic E-state index is 0.131. The second-order valence-electron chi connectivity index (χ2n) is 5.38. The topological polar surface area (TPSA) is 47.3 Å². The van der Waals surface area contributed by atoms with Gasteiger partial charge in [0.2, 0.25) is 0 Å². The second kappa shape index (κ2) is 5.87. The number of nitrogen functional groups attached to an aromatic ring is 1. The van der Waals surface area contributed by atoms with Gasteiger partial charge in [0.25, 0.3) is 0 Å². The predicted octanol–water partition coefficient (Wildman–Crippen LogP) is 4.42. The van der Waals surface area contributed by atoms with Crippen molar-refractivity contribution in [3.05, 3.63) is 47.5 Å². The number of aryl methyl sites for hydroxylation is 2. The number of hydrogen-bond acceptors (Lipinski definition) is 3. The molecular formula is C17H22N2O. The molecule has 0 saturated carbocycles. The molecule has 0 aliphatic rings. The fraction of sp³-hybridized carbons (Fsp3) is 0.294. The summed E-state index contributed by atoms with van der Waals surface area (Å²) in [6.45, 7) is 8.21. The largest absolute Gasteiger partial charge is 0.491 e. The minimum absolute atomic E-state index is 0.131. The Kier molecular flexibility index (Phi) is 4.18. The summed E-state index contributed by atoms with van der Waals surface area (Å²) in [6, 6.07) is 12.0. The Morgan fingerprint density at radius 3 is 2.35 bits per heavy atom. The predicted molar refractivity (Wildman–Crippen MR) is 85.8 cm³/mol. The first-order chi connectivity index (χ1) is 9.44. The summed E-state index contributed by atoms with van der Waals surface area (Å²) in [5.74, 6) is 0.784. The lowest BCUT2D eigenvalue weighted by molar-refractivity contribution is 0.242. The summed E-state index contributed by atoms with van der Waals surface area (Å²) >= 11 is 0. The first-order valence-corrected chi connectivity index (χ1v) is 6.85. The summed E-state index contributed by atoms with van der Waals surface area (Å²) in [5.41, 5.74) is 11.1. The van der Waals surface area contributed by atoms with Crippen LogP contribution in [0.2, 0.25) is 0 Å². The van der Waals surface area contributed by atoms with Gasteiger partial charge in [-0.2, -0.15) is 0 Å². The van der Waals surface area contributed by atoms with Crippen LogP contribution in [0.15, 0.2) is 36.4 Å². The molecule has 3 nitrogen and oxygen atoms in total. The van der Waals surface area contributed by atoms with Crippen molar-refractivity contribution < 1.29 is 4.74 Å². The number of anilines is 3. The van der Waals surface area contributed by atoms with Crippen LogP contribution in [0.3, 0.4) is 0 Å². The highest BCUT2D eigenvalue weighted by atomic mass is 16.5. The number of nitrogens with one attached hydrogen (secondary N) is 1. The lowest BCUT2D eigenvalue weighted by Crippen LogP contribution is -2.06. The Bertz CT molecular complexity index is 606. The number of hydrogen-bond donors (Lipinski definition) is 2. The van der Waals surface area contributed by atoms with E-state index in [0.717, 1.165) is 17.1 Å². The highest BCUT2D eigenvalue weighted by Gasteiger charge is 2.03. The molecule has 0 atom stereocenters. The van der Waals surface area contributed by atoms with E-state index < -0.39 is 0 Å². The number of nitrogens with two attached hydrogens (primary N) is 1. The van der Waals surface area contributed by atoms with Crippen molar-refractivity contribution in [1.29, 1.82) is 0 Å². The maximum absolute atomic E-state index is 5.92. The monoisotopic (exact) mass is 270 g/mol. The molecule has 2 rings (SSSR count). The molecule has 0 aliphatic carbocycles. The SMILES string of the molecule is Cc1ccc(Nc2cc(N)cc(OC(C)C)c2)cc1C. The molecule has 3 N–H and O–H groups in total. The van der Waals surface area contributed by atoms with Crippen molar-refractivity contribution in [2.24, 2.45) is 0 Å². The van der Waals surface area contributed by atoms with E-state index >= 15 is 0 Å². The van der Waals surface area contributed by atoms with E-state index in [4.69, 9.17) is 10.5 Å². The molecule has 0 fully saturated rings. The Morgan fingerprint density at radius 1 is 0.950 bits per heavy atom. The van der Waals surface area contributed by atoms with Crippen molar-refractivity contribution in [1.82, 2.24) is 0 Å². The van der Waals surface area contributed by atoms with Crippen LogP contribution in [-0.4, -0.2) is 6.10 Å². The van der Waals surface area contributed by atoms with E-state index in [1.54, 1.807) is 0 Å². The van der Waals surface area contributed by atoms with E-state index in [1.807, 2.05) is 32.0 Å². The molecule has 20 heavy (non-hydrogen) atoms. The van der Waals surface area contributed by atoms with Crippen molar-refractivity contribution >= 4 is 17.1 Å². The van der Waals surface area contributed by atoms with E-state index in [0.29, 0.717) is 5.69 Å². The molecule has 0 aliphatic heterocycles. The number of ether oxygens (including phenoxy) is 1. The van der Waals surface area contributed by atoms with Gasteiger partial charge in [-0.05, 0) is 57.0 Å². The zero-order valence-electron chi connectivity index (χ0n) is 12.5. The summed E-state index contributed by atoms with van der Waals surface area (Å²) in [6.07, 6.45) is 0.131. The van der Waals surface area contributed by atoms with E-state index in [1.165, 1.54) is 11.1 Å². The molecule has 2 aromatic rings. The average Bonchev–Trinajstić information content (AvgIpc) is 2.32. The maximum atomic E-state index is 5.92. The summed E-state index contributed by atoms with van der Waals surface area (Å²) in [4.78, 5) is 0. The maximum Gasteiger partial charge on any atom is 0.123 e.